The number of ether oxygens (including phenoxy) is 2. The third kappa shape index (κ3) is 7.51. The lowest BCUT2D eigenvalue weighted by Crippen LogP contribution is -2.33. The lowest BCUT2D eigenvalue weighted by molar-refractivity contribution is -0.0555. The second-order valence-corrected chi connectivity index (χ2v) is 16.3. The van der Waals surface area contributed by atoms with Crippen LogP contribution in [-0.2, 0) is 41.3 Å². The molecule has 2 aromatic heterocycles. The summed E-state index contributed by atoms with van der Waals surface area (Å²) in [5.74, 6) is -0.0783. The monoisotopic (exact) mass is 706 g/mol. The molecule has 0 saturated carbocycles. The molecule has 244 valence electrons. The number of nitrogen functional groups attached to an aromatic ring is 1. The fraction of sp³-hybridized carbons (Fsp3) is 0.579. The summed E-state index contributed by atoms with van der Waals surface area (Å²) < 4.78 is 70.0. The maximum absolute atomic E-state index is 13.0. The van der Waals surface area contributed by atoms with E-state index in [1.165, 1.54) is 19.2 Å². The Morgan fingerprint density at radius 3 is 2.55 bits per heavy atom. The van der Waals surface area contributed by atoms with Gasteiger partial charge in [0.15, 0.2) is 6.23 Å². The van der Waals surface area contributed by atoms with Crippen LogP contribution < -0.4 is 22.7 Å². The number of H-pyrrole nitrogens is 1. The molecule has 0 amide bonds. The molecular formula is C19H26N5O16P3S. The Labute approximate surface area is 249 Å². The minimum absolute atomic E-state index is 0.0783. The van der Waals surface area contributed by atoms with Gasteiger partial charge in [0.1, 0.15) is 36.5 Å². The van der Waals surface area contributed by atoms with Crippen LogP contribution in [0.3, 0.4) is 0 Å². The van der Waals surface area contributed by atoms with E-state index in [-0.39, 0.29) is 17.8 Å². The van der Waals surface area contributed by atoms with Gasteiger partial charge in [0.05, 0.1) is 18.5 Å². The smallest absolute Gasteiger partial charge is 0.383 e. The molecule has 3 aliphatic rings. The van der Waals surface area contributed by atoms with Crippen molar-refractivity contribution < 1.29 is 60.8 Å². The van der Waals surface area contributed by atoms with Crippen molar-refractivity contribution in [3.63, 3.8) is 0 Å². The van der Waals surface area contributed by atoms with Crippen LogP contribution in [0.25, 0.3) is 0 Å². The van der Waals surface area contributed by atoms with Gasteiger partial charge in [-0.2, -0.15) is 4.98 Å². The lowest BCUT2D eigenvalue weighted by Gasteiger charge is -2.23. The van der Waals surface area contributed by atoms with Crippen molar-refractivity contribution in [2.24, 2.45) is 0 Å². The topological polar surface area (TPSA) is 303 Å². The van der Waals surface area contributed by atoms with E-state index in [1.54, 1.807) is 0 Å². The molecule has 2 unspecified atom stereocenters. The number of phosphoric acid groups is 2. The predicted octanol–water partition coefficient (Wildman–Crippen LogP) is -0.918. The average Bonchev–Trinajstić information content (AvgIpc) is 3.53. The van der Waals surface area contributed by atoms with E-state index in [0.29, 0.717) is 11.4 Å². The number of aryl methyl sites for hydroxylation is 1. The highest BCUT2D eigenvalue weighted by Crippen LogP contribution is 2.69. The molecule has 44 heavy (non-hydrogen) atoms. The first-order valence-electron chi connectivity index (χ1n) is 12.4. The van der Waals surface area contributed by atoms with Gasteiger partial charge in [0.25, 0.3) is 5.56 Å². The first-order chi connectivity index (χ1) is 20.4. The van der Waals surface area contributed by atoms with Gasteiger partial charge < -0.3 is 34.8 Å². The molecule has 0 aromatic carbocycles. The van der Waals surface area contributed by atoms with Crippen molar-refractivity contribution >= 4 is 39.6 Å². The number of phosphoric ester groups is 2. The number of fused-ring (bicyclic) bond motifs is 1. The molecule has 3 aliphatic heterocycles. The van der Waals surface area contributed by atoms with Crippen LogP contribution in [0.15, 0.2) is 32.8 Å². The molecule has 25 heteroatoms. The van der Waals surface area contributed by atoms with E-state index >= 15 is 0 Å². The molecule has 5 rings (SSSR count). The molecule has 3 fully saturated rings. The fourth-order valence-electron chi connectivity index (χ4n) is 4.73. The number of nitrogens with one attached hydrogen (secondary N) is 1. The first-order valence-corrected chi connectivity index (χ1v) is 18.5. The summed E-state index contributed by atoms with van der Waals surface area (Å²) >= 11 is 0.509. The quantitative estimate of drug-likeness (QED) is 0.163. The van der Waals surface area contributed by atoms with Gasteiger partial charge in [0, 0.05) is 24.4 Å². The van der Waals surface area contributed by atoms with Crippen molar-refractivity contribution in [3.8, 4) is 0 Å². The predicted molar refractivity (Wildman–Crippen MR) is 146 cm³/mol. The van der Waals surface area contributed by atoms with Crippen molar-refractivity contribution in [3.05, 3.63) is 55.3 Å². The van der Waals surface area contributed by atoms with Crippen LogP contribution in [0, 0.1) is 6.92 Å². The number of nitrogens with zero attached hydrogens (tertiary/aromatic N) is 3. The molecule has 0 radical (unpaired) electrons. The summed E-state index contributed by atoms with van der Waals surface area (Å²) in [6.07, 6.45) is -5.63. The van der Waals surface area contributed by atoms with E-state index in [0.717, 1.165) is 15.3 Å². The molecule has 3 saturated heterocycles. The number of aromatic nitrogens is 4. The largest absolute Gasteiger partial charge is 0.472 e. The van der Waals surface area contributed by atoms with E-state index in [2.05, 4.69) is 14.5 Å². The Morgan fingerprint density at radius 1 is 1.16 bits per heavy atom. The zero-order chi connectivity index (χ0) is 32.2. The number of anilines is 1. The normalized spacial score (nSPS) is 33.3. The van der Waals surface area contributed by atoms with Crippen LogP contribution >= 0.6 is 33.8 Å². The second-order valence-electron chi connectivity index (χ2n) is 9.75. The van der Waals surface area contributed by atoms with Gasteiger partial charge in [0.2, 0.25) is 0 Å². The molecule has 0 bridgehead atoms. The van der Waals surface area contributed by atoms with Crippen LogP contribution in [0.1, 0.15) is 24.4 Å². The first kappa shape index (κ1) is 33.4. The summed E-state index contributed by atoms with van der Waals surface area (Å²) in [6, 6.07) is 1.30. The average molecular weight is 706 g/mol. The SMILES string of the molecule is Cc1cn([C@H]2C[C@H](OP(=O)(O)OC[C@H]3O[C@@H](n4ccc(N)nc4=O)[C@@H]4SP(=O)(O)O[C@@H]43)[C@@H](CO[32P](=O)(O)O)O2)c(=O)[nH]c1=O. The number of hydrogen-bond acceptors (Lipinski definition) is 15. The van der Waals surface area contributed by atoms with E-state index in [9.17, 15) is 37.9 Å². The molecule has 2 aromatic rings. The summed E-state index contributed by atoms with van der Waals surface area (Å²) in [4.78, 5) is 81.0. The van der Waals surface area contributed by atoms with Crippen molar-refractivity contribution in [2.45, 2.75) is 55.5 Å². The lowest BCUT2D eigenvalue weighted by atomic mass is 10.2. The minimum Gasteiger partial charge on any atom is -0.383 e. The molecule has 0 spiro atoms. The van der Waals surface area contributed by atoms with Crippen LogP contribution in [0.4, 0.5) is 5.82 Å². The maximum atomic E-state index is 13.0. The van der Waals surface area contributed by atoms with Gasteiger partial charge in [-0.1, -0.05) is 0 Å². The van der Waals surface area contributed by atoms with Crippen LogP contribution in [0.2, 0.25) is 0 Å². The van der Waals surface area contributed by atoms with Crippen molar-refractivity contribution in [2.75, 3.05) is 18.9 Å². The Bertz CT molecular complexity index is 1740. The number of nitrogens with two attached hydrogens (primary N) is 1. The number of hydrogen-bond donors (Lipinski definition) is 6. The Kier molecular flexibility index (Phi) is 9.33. The maximum Gasteiger partial charge on any atom is 0.472 e. The third-order valence-electron chi connectivity index (χ3n) is 6.64. The molecule has 7 N–H and O–H groups in total. The standard InChI is InChI=1S/C19H26N5O16P3S/c1-8-5-24(19(27)22-16(8)25)13-4-9(10(37-13)6-35-41(28,29)30)39-42(31,32)36-7-11-14-15(44-43(33,34)40-14)17(38-11)23-3-2-12(20)21-18(23)26/h2-3,5,9-11,13-15,17H,4,6-7H2,1H3,(H,31,32)(H,33,34)(H2,20,21,26)(H,22,25,27)(H2,28,29,30)/t9-,10+,11+,13+,14+,15+,17+/m0/s1/i41+1. The Hall–Kier alpha value is -2.00. The minimum atomic E-state index is -5.07. The summed E-state index contributed by atoms with van der Waals surface area (Å²) in [7, 11) is -10.1. The highest BCUT2D eigenvalue weighted by molar-refractivity contribution is 8.55. The number of aromatic amines is 1. The van der Waals surface area contributed by atoms with Crippen molar-refractivity contribution in [1.82, 2.24) is 19.1 Å². The molecule has 9 atom stereocenters. The zero-order valence-electron chi connectivity index (χ0n) is 22.3. The van der Waals surface area contributed by atoms with Crippen LogP contribution in [-0.4, -0.2) is 81.6 Å². The van der Waals surface area contributed by atoms with Gasteiger partial charge in [-0.3, -0.25) is 37.0 Å². The molecule has 0 aliphatic carbocycles. The zero-order valence-corrected chi connectivity index (χ0v) is 25.8. The Morgan fingerprint density at radius 2 is 1.86 bits per heavy atom. The van der Waals surface area contributed by atoms with Crippen molar-refractivity contribution in [1.29, 1.82) is 0 Å². The van der Waals surface area contributed by atoms with Gasteiger partial charge in [-0.15, -0.1) is 0 Å². The molecule has 5 heterocycles. The number of rotatable bonds is 10. The molecular weight excluding hydrogens is 680 g/mol. The summed E-state index contributed by atoms with van der Waals surface area (Å²) in [6.45, 7) is -4.37. The Balaban J connectivity index is 1.31. The van der Waals surface area contributed by atoms with Gasteiger partial charge in [-0.05, 0) is 24.4 Å². The third-order valence-corrected chi connectivity index (χ3v) is 11.4. The van der Waals surface area contributed by atoms with E-state index in [1.807, 2.05) is 0 Å². The highest BCUT2D eigenvalue weighted by Gasteiger charge is 2.58. The van der Waals surface area contributed by atoms with Crippen LogP contribution in [0.5, 0.6) is 0 Å². The summed E-state index contributed by atoms with van der Waals surface area (Å²) in [5, 5.41) is -0.932. The van der Waals surface area contributed by atoms with Gasteiger partial charge >= 0.3 is 33.8 Å². The van der Waals surface area contributed by atoms with E-state index < -0.39 is 94.7 Å². The highest BCUT2D eigenvalue weighted by atomic mass is 32.7. The summed E-state index contributed by atoms with van der Waals surface area (Å²) in [5.41, 5.74) is 3.26. The molecule has 21 nitrogen and oxygen atoms in total. The van der Waals surface area contributed by atoms with Gasteiger partial charge in [-0.25, -0.2) is 23.3 Å². The fourth-order valence-corrected chi connectivity index (χ4v) is 9.74. The van der Waals surface area contributed by atoms with E-state index in [4.69, 9.17) is 38.6 Å². The second kappa shape index (κ2) is 12.3.